The Balaban J connectivity index is 1.64. The summed E-state index contributed by atoms with van der Waals surface area (Å²) in [5.41, 5.74) is 3.05. The molecule has 0 radical (unpaired) electrons. The predicted octanol–water partition coefficient (Wildman–Crippen LogP) is 2.29. The summed E-state index contributed by atoms with van der Waals surface area (Å²) in [4.78, 5) is 20.9. The van der Waals surface area contributed by atoms with E-state index < -0.39 is 0 Å². The van der Waals surface area contributed by atoms with Gasteiger partial charge in [-0.15, -0.1) is 0 Å². The van der Waals surface area contributed by atoms with E-state index in [9.17, 15) is 10.1 Å². The van der Waals surface area contributed by atoms with Crippen LogP contribution in [-0.4, -0.2) is 40.9 Å². The Labute approximate surface area is 164 Å². The number of hydrogen-bond acceptors (Lipinski definition) is 6. The maximum absolute atomic E-state index is 12.1. The van der Waals surface area contributed by atoms with Gasteiger partial charge in [0.1, 0.15) is 10.5 Å². The van der Waals surface area contributed by atoms with Crippen molar-refractivity contribution < 1.29 is 0 Å². The SMILES string of the molecule is Cn1ncc(N2CCN(c3c(C#N)cnc4ccccc34)CC2)c(Br)c1=O. The molecule has 0 saturated carbocycles. The van der Waals surface area contributed by atoms with E-state index in [4.69, 9.17) is 0 Å². The molecule has 0 unspecified atom stereocenters. The first-order valence-electron chi connectivity index (χ1n) is 8.59. The quantitative estimate of drug-likeness (QED) is 0.627. The van der Waals surface area contributed by atoms with E-state index in [1.807, 2.05) is 24.3 Å². The Morgan fingerprint density at radius 3 is 2.56 bits per heavy atom. The monoisotopic (exact) mass is 424 g/mol. The molecule has 0 N–H and O–H groups in total. The maximum atomic E-state index is 12.1. The Kier molecular flexibility index (Phi) is 4.54. The van der Waals surface area contributed by atoms with Gasteiger partial charge in [0.25, 0.3) is 5.56 Å². The number of benzene rings is 1. The normalized spacial score (nSPS) is 14.4. The smallest absolute Gasteiger partial charge is 0.282 e. The lowest BCUT2D eigenvalue weighted by atomic mass is 10.1. The molecule has 2 aromatic heterocycles. The average molecular weight is 425 g/mol. The van der Waals surface area contributed by atoms with Crippen LogP contribution in [0.2, 0.25) is 0 Å². The molecule has 3 aromatic rings. The van der Waals surface area contributed by atoms with Crippen molar-refractivity contribution in [3.8, 4) is 6.07 Å². The van der Waals surface area contributed by atoms with Crippen molar-refractivity contribution in [2.75, 3.05) is 36.0 Å². The zero-order valence-corrected chi connectivity index (χ0v) is 16.3. The molecule has 7 nitrogen and oxygen atoms in total. The summed E-state index contributed by atoms with van der Waals surface area (Å²) in [6.07, 6.45) is 3.36. The minimum atomic E-state index is -0.151. The number of para-hydroxylation sites is 1. The van der Waals surface area contributed by atoms with Crippen molar-refractivity contribution in [3.63, 3.8) is 0 Å². The molecular weight excluding hydrogens is 408 g/mol. The maximum Gasteiger partial charge on any atom is 0.282 e. The Morgan fingerprint density at radius 1 is 1.11 bits per heavy atom. The van der Waals surface area contributed by atoms with Gasteiger partial charge in [-0.2, -0.15) is 10.4 Å². The molecule has 0 aliphatic carbocycles. The molecule has 1 saturated heterocycles. The van der Waals surface area contributed by atoms with E-state index in [2.05, 4.69) is 41.9 Å². The van der Waals surface area contributed by atoms with Gasteiger partial charge in [-0.05, 0) is 22.0 Å². The van der Waals surface area contributed by atoms with E-state index in [1.165, 1.54) is 4.68 Å². The van der Waals surface area contributed by atoms with E-state index in [0.29, 0.717) is 10.0 Å². The van der Waals surface area contributed by atoms with Crippen LogP contribution < -0.4 is 15.4 Å². The number of fused-ring (bicyclic) bond motifs is 1. The molecule has 1 fully saturated rings. The first-order chi connectivity index (χ1) is 13.1. The molecule has 1 aliphatic rings. The van der Waals surface area contributed by atoms with Gasteiger partial charge in [0, 0.05) is 44.8 Å². The summed E-state index contributed by atoms with van der Waals surface area (Å²) in [5.74, 6) is 0. The van der Waals surface area contributed by atoms with Crippen molar-refractivity contribution in [1.82, 2.24) is 14.8 Å². The summed E-state index contributed by atoms with van der Waals surface area (Å²) >= 11 is 3.40. The summed E-state index contributed by atoms with van der Waals surface area (Å²) in [5, 5.41) is 14.7. The number of nitriles is 1. The standard InChI is InChI=1S/C19H17BrN6O/c1-24-19(27)17(20)16(12-23-24)25-6-8-26(9-7-25)18-13(10-21)11-22-15-5-3-2-4-14(15)18/h2-5,11-12H,6-9H2,1H3. The van der Waals surface area contributed by atoms with Gasteiger partial charge < -0.3 is 9.80 Å². The minimum Gasteiger partial charge on any atom is -0.366 e. The lowest BCUT2D eigenvalue weighted by Crippen LogP contribution is -2.47. The van der Waals surface area contributed by atoms with Gasteiger partial charge in [0.15, 0.2) is 0 Å². The van der Waals surface area contributed by atoms with Crippen LogP contribution in [0.25, 0.3) is 10.9 Å². The zero-order chi connectivity index (χ0) is 19.0. The van der Waals surface area contributed by atoms with E-state index >= 15 is 0 Å². The van der Waals surface area contributed by atoms with Crippen LogP contribution in [0.3, 0.4) is 0 Å². The molecule has 4 rings (SSSR count). The third-order valence-corrected chi connectivity index (χ3v) is 5.61. The van der Waals surface area contributed by atoms with E-state index in [0.717, 1.165) is 48.5 Å². The summed E-state index contributed by atoms with van der Waals surface area (Å²) < 4.78 is 1.84. The number of rotatable bonds is 2. The van der Waals surface area contributed by atoms with E-state index in [-0.39, 0.29) is 5.56 Å². The predicted molar refractivity (Wildman–Crippen MR) is 108 cm³/mol. The molecule has 27 heavy (non-hydrogen) atoms. The number of piperazine rings is 1. The Morgan fingerprint density at radius 2 is 1.81 bits per heavy atom. The fourth-order valence-corrected chi connectivity index (χ4v) is 4.05. The summed E-state index contributed by atoms with van der Waals surface area (Å²) in [6, 6.07) is 10.1. The zero-order valence-electron chi connectivity index (χ0n) is 14.8. The van der Waals surface area contributed by atoms with Crippen molar-refractivity contribution >= 4 is 38.2 Å². The fourth-order valence-electron chi connectivity index (χ4n) is 3.44. The van der Waals surface area contributed by atoms with Crippen LogP contribution in [0.5, 0.6) is 0 Å². The van der Waals surface area contributed by atoms with Gasteiger partial charge in [-0.25, -0.2) is 4.68 Å². The minimum absolute atomic E-state index is 0.151. The van der Waals surface area contributed by atoms with Crippen molar-refractivity contribution in [2.24, 2.45) is 7.05 Å². The highest BCUT2D eigenvalue weighted by atomic mass is 79.9. The number of aromatic nitrogens is 3. The number of pyridine rings is 1. The number of hydrogen-bond donors (Lipinski definition) is 0. The molecule has 0 bridgehead atoms. The van der Waals surface area contributed by atoms with Crippen molar-refractivity contribution in [2.45, 2.75) is 0 Å². The summed E-state index contributed by atoms with van der Waals surface area (Å²) in [7, 11) is 1.63. The fraction of sp³-hybridized carbons (Fsp3) is 0.263. The lowest BCUT2D eigenvalue weighted by Gasteiger charge is -2.38. The highest BCUT2D eigenvalue weighted by Crippen LogP contribution is 2.31. The van der Waals surface area contributed by atoms with Crippen LogP contribution in [-0.2, 0) is 7.05 Å². The van der Waals surface area contributed by atoms with Crippen molar-refractivity contribution in [1.29, 1.82) is 5.26 Å². The molecule has 1 aromatic carbocycles. The Hall–Kier alpha value is -2.92. The molecule has 0 atom stereocenters. The largest absolute Gasteiger partial charge is 0.366 e. The van der Waals surface area contributed by atoms with Crippen LogP contribution in [0, 0.1) is 11.3 Å². The third-order valence-electron chi connectivity index (χ3n) is 4.86. The van der Waals surface area contributed by atoms with Gasteiger partial charge in [0.2, 0.25) is 0 Å². The number of aryl methyl sites for hydroxylation is 1. The van der Waals surface area contributed by atoms with Gasteiger partial charge >= 0.3 is 0 Å². The highest BCUT2D eigenvalue weighted by Gasteiger charge is 2.23. The first kappa shape index (κ1) is 17.5. The molecule has 0 spiro atoms. The molecule has 3 heterocycles. The second-order valence-corrected chi connectivity index (χ2v) is 7.19. The average Bonchev–Trinajstić information content (AvgIpc) is 2.71. The van der Waals surface area contributed by atoms with Crippen LogP contribution in [0.4, 0.5) is 11.4 Å². The molecular formula is C19H17BrN6O. The van der Waals surface area contributed by atoms with Gasteiger partial charge in [-0.1, -0.05) is 18.2 Å². The van der Waals surface area contributed by atoms with Crippen LogP contribution >= 0.6 is 15.9 Å². The first-order valence-corrected chi connectivity index (χ1v) is 9.39. The van der Waals surface area contributed by atoms with E-state index in [1.54, 1.807) is 19.4 Å². The number of nitrogens with zero attached hydrogens (tertiary/aromatic N) is 6. The number of halogens is 1. The van der Waals surface area contributed by atoms with Gasteiger partial charge in [-0.3, -0.25) is 9.78 Å². The van der Waals surface area contributed by atoms with Crippen molar-refractivity contribution in [3.05, 3.63) is 57.0 Å². The number of anilines is 2. The highest BCUT2D eigenvalue weighted by molar-refractivity contribution is 9.10. The molecule has 0 amide bonds. The second kappa shape index (κ2) is 7.00. The topological polar surface area (TPSA) is 78.1 Å². The second-order valence-electron chi connectivity index (χ2n) is 6.40. The molecule has 1 aliphatic heterocycles. The molecule has 8 heteroatoms. The molecule has 136 valence electrons. The van der Waals surface area contributed by atoms with Crippen LogP contribution in [0.15, 0.2) is 45.9 Å². The van der Waals surface area contributed by atoms with Gasteiger partial charge in [0.05, 0.1) is 28.7 Å². The van der Waals surface area contributed by atoms with Crippen LogP contribution in [0.1, 0.15) is 5.56 Å². The third kappa shape index (κ3) is 3.04. The summed E-state index contributed by atoms with van der Waals surface area (Å²) in [6.45, 7) is 2.94. The Bertz CT molecular complexity index is 1110. The lowest BCUT2D eigenvalue weighted by molar-refractivity contribution is 0.641.